The van der Waals surface area contributed by atoms with Crippen LogP contribution < -0.4 is 10.6 Å². The van der Waals surface area contributed by atoms with Crippen LogP contribution in [-0.2, 0) is 0 Å². The van der Waals surface area contributed by atoms with Crippen LogP contribution in [0.5, 0.6) is 0 Å². The van der Waals surface area contributed by atoms with Crippen molar-refractivity contribution in [3.63, 3.8) is 0 Å². The number of hydrogen-bond donors (Lipinski definition) is 2. The summed E-state index contributed by atoms with van der Waals surface area (Å²) in [5.74, 6) is 0.875. The second-order valence-corrected chi connectivity index (χ2v) is 6.45. The fourth-order valence-electron chi connectivity index (χ4n) is 2.67. The SMILES string of the molecule is Cc1cccc(NC(=O)c2cc(Nc3cc(C)ccc3C)nc(C)n2)c1. The van der Waals surface area contributed by atoms with Gasteiger partial charge in [-0.25, -0.2) is 9.97 Å². The first-order chi connectivity index (χ1) is 12.4. The highest BCUT2D eigenvalue weighted by Crippen LogP contribution is 2.21. The van der Waals surface area contributed by atoms with E-state index in [1.165, 1.54) is 0 Å². The van der Waals surface area contributed by atoms with Gasteiger partial charge in [0.05, 0.1) is 0 Å². The van der Waals surface area contributed by atoms with Gasteiger partial charge in [-0.1, -0.05) is 24.3 Å². The standard InChI is InChI=1S/C21H22N4O/c1-13-6-5-7-17(10-13)24-21(26)19-12-20(23-16(4)22-19)25-18-11-14(2)8-9-15(18)3/h5-12H,1-4H3,(H,24,26)(H,22,23,25). The van der Waals surface area contributed by atoms with Gasteiger partial charge in [0, 0.05) is 17.4 Å². The third-order valence-corrected chi connectivity index (χ3v) is 4.00. The lowest BCUT2D eigenvalue weighted by Crippen LogP contribution is -2.15. The molecule has 5 heteroatoms. The van der Waals surface area contributed by atoms with Crippen LogP contribution in [0.3, 0.4) is 0 Å². The van der Waals surface area contributed by atoms with Gasteiger partial charge in [-0.05, 0) is 62.6 Å². The van der Waals surface area contributed by atoms with Crippen LogP contribution >= 0.6 is 0 Å². The topological polar surface area (TPSA) is 66.9 Å². The second kappa shape index (κ2) is 7.35. The molecule has 1 amide bonds. The second-order valence-electron chi connectivity index (χ2n) is 6.45. The van der Waals surface area contributed by atoms with Crippen LogP contribution in [0.25, 0.3) is 0 Å². The Kier molecular flexibility index (Phi) is 4.98. The van der Waals surface area contributed by atoms with Crippen molar-refractivity contribution in [2.45, 2.75) is 27.7 Å². The lowest BCUT2D eigenvalue weighted by atomic mass is 10.1. The molecule has 0 spiro atoms. The number of aryl methyl sites for hydroxylation is 4. The van der Waals surface area contributed by atoms with Gasteiger partial charge < -0.3 is 10.6 Å². The van der Waals surface area contributed by atoms with Gasteiger partial charge in [-0.2, -0.15) is 0 Å². The molecule has 1 heterocycles. The molecule has 0 bridgehead atoms. The molecule has 26 heavy (non-hydrogen) atoms. The van der Waals surface area contributed by atoms with Crippen LogP contribution in [0.2, 0.25) is 0 Å². The third-order valence-electron chi connectivity index (χ3n) is 4.00. The van der Waals surface area contributed by atoms with E-state index in [4.69, 9.17) is 0 Å². The van der Waals surface area contributed by atoms with E-state index >= 15 is 0 Å². The first kappa shape index (κ1) is 17.6. The third kappa shape index (κ3) is 4.25. The van der Waals surface area contributed by atoms with Crippen molar-refractivity contribution >= 4 is 23.1 Å². The zero-order valence-corrected chi connectivity index (χ0v) is 15.4. The van der Waals surface area contributed by atoms with Gasteiger partial charge in [0.25, 0.3) is 5.91 Å². The number of aromatic nitrogens is 2. The van der Waals surface area contributed by atoms with Crippen LogP contribution in [0, 0.1) is 27.7 Å². The van der Waals surface area contributed by atoms with Crippen molar-refractivity contribution in [1.29, 1.82) is 0 Å². The molecule has 3 aromatic rings. The minimum absolute atomic E-state index is 0.259. The molecular formula is C21H22N4O. The van der Waals surface area contributed by atoms with Gasteiger partial charge >= 0.3 is 0 Å². The van der Waals surface area contributed by atoms with E-state index in [1.54, 1.807) is 13.0 Å². The van der Waals surface area contributed by atoms with Gasteiger partial charge in [0.2, 0.25) is 0 Å². The highest BCUT2D eigenvalue weighted by Gasteiger charge is 2.12. The minimum atomic E-state index is -0.259. The molecule has 0 unspecified atom stereocenters. The quantitative estimate of drug-likeness (QED) is 0.718. The Morgan fingerprint density at radius 3 is 2.42 bits per heavy atom. The molecule has 2 N–H and O–H groups in total. The summed E-state index contributed by atoms with van der Waals surface area (Å²) in [6, 6.07) is 15.5. The van der Waals surface area contributed by atoms with Crippen molar-refractivity contribution < 1.29 is 4.79 Å². The van der Waals surface area contributed by atoms with Crippen LogP contribution in [0.15, 0.2) is 48.5 Å². The molecule has 0 aliphatic carbocycles. The fourth-order valence-corrected chi connectivity index (χ4v) is 2.67. The number of anilines is 3. The number of nitrogens with zero attached hydrogens (tertiary/aromatic N) is 2. The summed E-state index contributed by atoms with van der Waals surface area (Å²) in [7, 11) is 0. The maximum Gasteiger partial charge on any atom is 0.274 e. The summed E-state index contributed by atoms with van der Waals surface area (Å²) in [6.45, 7) is 7.83. The molecule has 3 rings (SSSR count). The summed E-state index contributed by atoms with van der Waals surface area (Å²) in [5.41, 5.74) is 5.38. The molecule has 2 aromatic carbocycles. The zero-order chi connectivity index (χ0) is 18.7. The highest BCUT2D eigenvalue weighted by molar-refractivity contribution is 6.03. The Morgan fingerprint density at radius 2 is 1.65 bits per heavy atom. The normalized spacial score (nSPS) is 10.5. The van der Waals surface area contributed by atoms with Gasteiger partial charge in [0.15, 0.2) is 0 Å². The van der Waals surface area contributed by atoms with Gasteiger partial charge in [-0.15, -0.1) is 0 Å². The minimum Gasteiger partial charge on any atom is -0.340 e. The van der Waals surface area contributed by atoms with Crippen molar-refractivity contribution in [3.05, 3.63) is 76.7 Å². The Balaban J connectivity index is 1.85. The lowest BCUT2D eigenvalue weighted by Gasteiger charge is -2.12. The van der Waals surface area contributed by atoms with Gasteiger partial charge in [0.1, 0.15) is 17.3 Å². The van der Waals surface area contributed by atoms with Gasteiger partial charge in [-0.3, -0.25) is 4.79 Å². The Hall–Kier alpha value is -3.21. The zero-order valence-electron chi connectivity index (χ0n) is 15.4. The van der Waals surface area contributed by atoms with Crippen molar-refractivity contribution in [2.75, 3.05) is 10.6 Å². The monoisotopic (exact) mass is 346 g/mol. The van der Waals surface area contributed by atoms with E-state index < -0.39 is 0 Å². The number of carbonyl (C=O) groups is 1. The van der Waals surface area contributed by atoms with E-state index in [0.29, 0.717) is 17.3 Å². The Labute approximate surface area is 153 Å². The molecular weight excluding hydrogens is 324 g/mol. The number of carbonyl (C=O) groups excluding carboxylic acids is 1. The molecule has 0 atom stereocenters. The van der Waals surface area contributed by atoms with E-state index in [9.17, 15) is 4.79 Å². The number of benzene rings is 2. The molecule has 0 saturated heterocycles. The maximum atomic E-state index is 12.6. The van der Waals surface area contributed by atoms with Crippen LogP contribution in [0.1, 0.15) is 33.0 Å². The summed E-state index contributed by atoms with van der Waals surface area (Å²) >= 11 is 0. The van der Waals surface area contributed by atoms with E-state index in [0.717, 1.165) is 28.1 Å². The van der Waals surface area contributed by atoms with Crippen LogP contribution in [0.4, 0.5) is 17.2 Å². The predicted octanol–water partition coefficient (Wildman–Crippen LogP) is 4.71. The van der Waals surface area contributed by atoms with Crippen molar-refractivity contribution in [1.82, 2.24) is 9.97 Å². The van der Waals surface area contributed by atoms with Crippen molar-refractivity contribution in [3.8, 4) is 0 Å². The van der Waals surface area contributed by atoms with E-state index in [2.05, 4.69) is 38.8 Å². The van der Waals surface area contributed by atoms with Crippen molar-refractivity contribution in [2.24, 2.45) is 0 Å². The Morgan fingerprint density at radius 1 is 0.885 bits per heavy atom. The van der Waals surface area contributed by atoms with Crippen LogP contribution in [-0.4, -0.2) is 15.9 Å². The predicted molar refractivity (Wildman–Crippen MR) is 105 cm³/mol. The molecule has 1 aromatic heterocycles. The first-order valence-corrected chi connectivity index (χ1v) is 8.49. The summed E-state index contributed by atoms with van der Waals surface area (Å²) < 4.78 is 0. The number of nitrogens with one attached hydrogen (secondary N) is 2. The number of amides is 1. The molecule has 0 radical (unpaired) electrons. The molecule has 0 aliphatic rings. The molecule has 0 fully saturated rings. The summed E-state index contributed by atoms with van der Waals surface area (Å²) in [4.78, 5) is 21.2. The highest BCUT2D eigenvalue weighted by atomic mass is 16.1. The average Bonchev–Trinajstić information content (AvgIpc) is 2.57. The molecule has 132 valence electrons. The number of rotatable bonds is 4. The average molecular weight is 346 g/mol. The smallest absolute Gasteiger partial charge is 0.274 e. The molecule has 0 aliphatic heterocycles. The maximum absolute atomic E-state index is 12.6. The molecule has 0 saturated carbocycles. The molecule has 5 nitrogen and oxygen atoms in total. The van der Waals surface area contributed by atoms with E-state index in [-0.39, 0.29) is 5.91 Å². The summed E-state index contributed by atoms with van der Waals surface area (Å²) in [5, 5.41) is 6.17. The van der Waals surface area contributed by atoms with E-state index in [1.807, 2.05) is 45.0 Å². The summed E-state index contributed by atoms with van der Waals surface area (Å²) in [6.07, 6.45) is 0. The fraction of sp³-hybridized carbons (Fsp3) is 0.190. The Bertz CT molecular complexity index is 966. The lowest BCUT2D eigenvalue weighted by molar-refractivity contribution is 0.102. The number of hydrogen-bond acceptors (Lipinski definition) is 4. The largest absolute Gasteiger partial charge is 0.340 e. The first-order valence-electron chi connectivity index (χ1n) is 8.49.